The van der Waals surface area contributed by atoms with E-state index < -0.39 is 0 Å². The number of rotatable bonds is 2. The van der Waals surface area contributed by atoms with Gasteiger partial charge in [0, 0.05) is 9.37 Å². The molecule has 2 aromatic carbocycles. The average molecular weight is 377 g/mol. The lowest BCUT2D eigenvalue weighted by Gasteiger charge is -2.09. The molecule has 0 atom stereocenters. The van der Waals surface area contributed by atoms with Crippen LogP contribution in [0.5, 0.6) is 0 Å². The first-order valence-corrected chi connectivity index (χ1v) is 7.22. The highest BCUT2D eigenvalue weighted by Crippen LogP contribution is 2.27. The van der Waals surface area contributed by atoms with E-state index in [1.54, 1.807) is 36.4 Å². The third-order valence-electron chi connectivity index (χ3n) is 2.37. The molecule has 19 heavy (non-hydrogen) atoms. The minimum absolute atomic E-state index is 0.332. The minimum Gasteiger partial charge on any atom is -0.321 e. The molecule has 1 N–H and O–H groups in total. The third-order valence-corrected chi connectivity index (χ3v) is 3.80. The maximum absolute atomic E-state index is 12.1. The van der Waals surface area contributed by atoms with Gasteiger partial charge in [-0.3, -0.25) is 4.79 Å². The van der Waals surface area contributed by atoms with E-state index in [1.807, 2.05) is 0 Å². The van der Waals surface area contributed by atoms with Crippen LogP contribution in [0.2, 0.25) is 10.0 Å². The molecule has 0 saturated heterocycles. The Hall–Kier alpha value is -0.680. The van der Waals surface area contributed by atoms with Crippen LogP contribution in [0.4, 0.5) is 5.69 Å². The monoisotopic (exact) mass is 375 g/mol. The fourth-order valence-electron chi connectivity index (χ4n) is 1.47. The summed E-state index contributed by atoms with van der Waals surface area (Å²) in [5.74, 6) is -0.332. The largest absolute Gasteiger partial charge is 0.321 e. The van der Waals surface area contributed by atoms with E-state index in [2.05, 4.69) is 33.9 Å². The minimum atomic E-state index is -0.332. The SMILES string of the molecule is O=C(Nc1cc(Br)ccc1Cl)c1cc(S)ccc1Cl. The topological polar surface area (TPSA) is 29.1 Å². The summed E-state index contributed by atoms with van der Waals surface area (Å²) in [5, 5.41) is 3.53. The number of halogens is 3. The summed E-state index contributed by atoms with van der Waals surface area (Å²) in [6.07, 6.45) is 0. The van der Waals surface area contributed by atoms with Crippen LogP contribution in [-0.2, 0) is 0 Å². The molecule has 6 heteroatoms. The smallest absolute Gasteiger partial charge is 0.257 e. The quantitative estimate of drug-likeness (QED) is 0.684. The normalized spacial score (nSPS) is 10.3. The van der Waals surface area contributed by atoms with Crippen molar-refractivity contribution in [1.82, 2.24) is 0 Å². The predicted octanol–water partition coefficient (Wildman–Crippen LogP) is 5.30. The maximum atomic E-state index is 12.1. The van der Waals surface area contributed by atoms with Gasteiger partial charge in [0.2, 0.25) is 0 Å². The molecule has 2 nitrogen and oxygen atoms in total. The maximum Gasteiger partial charge on any atom is 0.257 e. The molecule has 0 spiro atoms. The second kappa shape index (κ2) is 6.18. The van der Waals surface area contributed by atoms with Gasteiger partial charge in [-0.1, -0.05) is 39.1 Å². The van der Waals surface area contributed by atoms with Crippen molar-refractivity contribution < 1.29 is 4.79 Å². The number of carbonyl (C=O) groups excluding carboxylic acids is 1. The molecule has 0 bridgehead atoms. The number of carbonyl (C=O) groups is 1. The lowest BCUT2D eigenvalue weighted by molar-refractivity contribution is 0.102. The van der Waals surface area contributed by atoms with Gasteiger partial charge >= 0.3 is 0 Å². The zero-order chi connectivity index (χ0) is 14.0. The molecule has 0 aliphatic rings. The molecule has 2 rings (SSSR count). The van der Waals surface area contributed by atoms with E-state index in [-0.39, 0.29) is 5.91 Å². The Morgan fingerprint density at radius 1 is 1.11 bits per heavy atom. The molecular weight excluding hydrogens is 369 g/mol. The summed E-state index contributed by atoms with van der Waals surface area (Å²) in [5.41, 5.74) is 0.867. The Kier molecular flexibility index (Phi) is 4.79. The molecule has 0 fully saturated rings. The lowest BCUT2D eigenvalue weighted by Crippen LogP contribution is -2.12. The number of benzene rings is 2. The summed E-state index contributed by atoms with van der Waals surface area (Å²) in [7, 11) is 0. The Morgan fingerprint density at radius 3 is 2.53 bits per heavy atom. The molecule has 2 aromatic rings. The van der Waals surface area contributed by atoms with Gasteiger partial charge in [0.05, 0.1) is 21.3 Å². The number of amides is 1. The summed E-state index contributed by atoms with van der Waals surface area (Å²) in [4.78, 5) is 12.8. The fraction of sp³-hybridized carbons (Fsp3) is 0. The standard InChI is InChI=1S/C13H8BrCl2NOS/c14-7-1-3-11(16)12(5-7)17-13(18)9-6-8(19)2-4-10(9)15/h1-6,19H,(H,17,18). The van der Waals surface area contributed by atoms with Crippen molar-refractivity contribution in [2.45, 2.75) is 4.90 Å². The highest BCUT2D eigenvalue weighted by molar-refractivity contribution is 9.10. The molecule has 0 saturated carbocycles. The van der Waals surface area contributed by atoms with Crippen molar-refractivity contribution in [3.05, 3.63) is 56.5 Å². The summed E-state index contributed by atoms with van der Waals surface area (Å²) in [6.45, 7) is 0. The number of anilines is 1. The van der Waals surface area contributed by atoms with Gasteiger partial charge in [-0.2, -0.15) is 0 Å². The first-order valence-electron chi connectivity index (χ1n) is 5.22. The zero-order valence-electron chi connectivity index (χ0n) is 9.45. The van der Waals surface area contributed by atoms with E-state index in [0.717, 1.165) is 4.47 Å². The van der Waals surface area contributed by atoms with E-state index in [0.29, 0.717) is 26.2 Å². The molecule has 0 heterocycles. The molecule has 0 aliphatic carbocycles. The van der Waals surface area contributed by atoms with Crippen LogP contribution in [0.3, 0.4) is 0 Å². The van der Waals surface area contributed by atoms with Crippen LogP contribution in [0.1, 0.15) is 10.4 Å². The van der Waals surface area contributed by atoms with Gasteiger partial charge in [0.1, 0.15) is 0 Å². The number of hydrogen-bond acceptors (Lipinski definition) is 2. The number of nitrogens with one attached hydrogen (secondary N) is 1. The van der Waals surface area contributed by atoms with Crippen LogP contribution >= 0.6 is 51.8 Å². The summed E-state index contributed by atoms with van der Waals surface area (Å²) < 4.78 is 0.821. The van der Waals surface area contributed by atoms with Crippen LogP contribution in [-0.4, -0.2) is 5.91 Å². The molecule has 0 aromatic heterocycles. The number of hydrogen-bond donors (Lipinski definition) is 2. The Balaban J connectivity index is 2.30. The Bertz CT molecular complexity index is 649. The molecule has 1 amide bonds. The second-order valence-corrected chi connectivity index (χ2v) is 5.99. The van der Waals surface area contributed by atoms with E-state index >= 15 is 0 Å². The van der Waals surface area contributed by atoms with Crippen molar-refractivity contribution in [1.29, 1.82) is 0 Å². The predicted molar refractivity (Wildman–Crippen MR) is 85.8 cm³/mol. The second-order valence-electron chi connectivity index (χ2n) is 3.74. The lowest BCUT2D eigenvalue weighted by atomic mass is 10.2. The average Bonchev–Trinajstić information content (AvgIpc) is 2.36. The molecular formula is C13H8BrCl2NOS. The van der Waals surface area contributed by atoms with E-state index in [1.165, 1.54) is 0 Å². The van der Waals surface area contributed by atoms with Gasteiger partial charge in [0.25, 0.3) is 5.91 Å². The zero-order valence-corrected chi connectivity index (χ0v) is 13.4. The first-order chi connectivity index (χ1) is 8.97. The van der Waals surface area contributed by atoms with Crippen molar-refractivity contribution >= 4 is 63.4 Å². The number of thiol groups is 1. The Labute approximate surface area is 134 Å². The van der Waals surface area contributed by atoms with Gasteiger partial charge < -0.3 is 5.32 Å². The highest BCUT2D eigenvalue weighted by atomic mass is 79.9. The van der Waals surface area contributed by atoms with Crippen LogP contribution in [0.15, 0.2) is 45.8 Å². The first kappa shape index (κ1) is 14.7. The van der Waals surface area contributed by atoms with Crippen molar-refractivity contribution in [2.24, 2.45) is 0 Å². The molecule has 0 radical (unpaired) electrons. The molecule has 0 aliphatic heterocycles. The van der Waals surface area contributed by atoms with Crippen molar-refractivity contribution in [3.8, 4) is 0 Å². The third kappa shape index (κ3) is 3.66. The Morgan fingerprint density at radius 2 is 1.79 bits per heavy atom. The highest BCUT2D eigenvalue weighted by Gasteiger charge is 2.12. The van der Waals surface area contributed by atoms with Gasteiger partial charge in [-0.25, -0.2) is 0 Å². The van der Waals surface area contributed by atoms with Gasteiger partial charge in [-0.15, -0.1) is 12.6 Å². The molecule has 0 unspecified atom stereocenters. The van der Waals surface area contributed by atoms with E-state index in [9.17, 15) is 4.79 Å². The van der Waals surface area contributed by atoms with Gasteiger partial charge in [-0.05, 0) is 36.4 Å². The van der Waals surface area contributed by atoms with Gasteiger partial charge in [0.15, 0.2) is 0 Å². The van der Waals surface area contributed by atoms with Crippen molar-refractivity contribution in [3.63, 3.8) is 0 Å². The fourth-order valence-corrected chi connectivity index (χ4v) is 2.40. The molecule has 98 valence electrons. The van der Waals surface area contributed by atoms with Crippen LogP contribution < -0.4 is 5.32 Å². The van der Waals surface area contributed by atoms with E-state index in [4.69, 9.17) is 23.2 Å². The summed E-state index contributed by atoms with van der Waals surface area (Å²) >= 11 is 19.5. The summed E-state index contributed by atoms with van der Waals surface area (Å²) in [6, 6.07) is 10.2. The van der Waals surface area contributed by atoms with Crippen LogP contribution in [0, 0.1) is 0 Å². The van der Waals surface area contributed by atoms with Crippen LogP contribution in [0.25, 0.3) is 0 Å². The van der Waals surface area contributed by atoms with Crippen molar-refractivity contribution in [2.75, 3.05) is 5.32 Å².